The first-order chi connectivity index (χ1) is 10.2. The second-order valence-corrected chi connectivity index (χ2v) is 6.84. The molecule has 0 radical (unpaired) electrons. The van der Waals surface area contributed by atoms with Gasteiger partial charge in [-0.2, -0.15) is 0 Å². The molecule has 4 nitrogen and oxygen atoms in total. The maximum Gasteiger partial charge on any atom is 0.123 e. The molecule has 3 N–H and O–H groups in total. The fourth-order valence-corrected chi connectivity index (χ4v) is 4.88. The highest BCUT2D eigenvalue weighted by atomic mass is 16.5. The SMILES string of the molecule is NCC1(C2(O)CCN3CCC2C3)CCOc2ccccc21. The van der Waals surface area contributed by atoms with E-state index in [1.54, 1.807) is 0 Å². The minimum Gasteiger partial charge on any atom is -0.493 e. The van der Waals surface area contributed by atoms with E-state index >= 15 is 0 Å². The summed E-state index contributed by atoms with van der Waals surface area (Å²) >= 11 is 0. The van der Waals surface area contributed by atoms with E-state index < -0.39 is 5.60 Å². The number of aliphatic hydroxyl groups is 1. The largest absolute Gasteiger partial charge is 0.493 e. The predicted octanol–water partition coefficient (Wildman–Crippen LogP) is 1.12. The summed E-state index contributed by atoms with van der Waals surface area (Å²) in [5.41, 5.74) is 6.33. The van der Waals surface area contributed by atoms with Crippen LogP contribution >= 0.6 is 0 Å². The van der Waals surface area contributed by atoms with E-state index in [9.17, 15) is 5.11 Å². The van der Waals surface area contributed by atoms with Crippen LogP contribution in [0.1, 0.15) is 24.8 Å². The molecule has 4 atom stereocenters. The van der Waals surface area contributed by atoms with Gasteiger partial charge in [0.05, 0.1) is 12.2 Å². The Bertz CT molecular complexity index is 549. The Balaban J connectivity index is 1.84. The molecule has 4 unspecified atom stereocenters. The summed E-state index contributed by atoms with van der Waals surface area (Å²) in [6.07, 6.45) is 2.72. The summed E-state index contributed by atoms with van der Waals surface area (Å²) in [5.74, 6) is 1.24. The van der Waals surface area contributed by atoms with Gasteiger partial charge >= 0.3 is 0 Å². The van der Waals surface area contributed by atoms with Crippen LogP contribution in [0.4, 0.5) is 0 Å². The van der Waals surface area contributed by atoms with E-state index in [0.29, 0.717) is 19.1 Å². The van der Waals surface area contributed by atoms with Gasteiger partial charge in [0.15, 0.2) is 0 Å². The molecular formula is C17H24N2O2. The summed E-state index contributed by atoms with van der Waals surface area (Å²) < 4.78 is 5.82. The zero-order valence-corrected chi connectivity index (χ0v) is 12.4. The minimum absolute atomic E-state index is 0.334. The number of hydrogen-bond donors (Lipinski definition) is 2. The third-order valence-corrected chi connectivity index (χ3v) is 6.12. The summed E-state index contributed by atoms with van der Waals surface area (Å²) in [4.78, 5) is 2.47. The smallest absolute Gasteiger partial charge is 0.123 e. The highest BCUT2D eigenvalue weighted by Gasteiger charge is 2.59. The van der Waals surface area contributed by atoms with Crippen molar-refractivity contribution in [3.8, 4) is 5.75 Å². The van der Waals surface area contributed by atoms with Crippen LogP contribution in [0.2, 0.25) is 0 Å². The Morgan fingerprint density at radius 3 is 3.00 bits per heavy atom. The molecule has 3 heterocycles. The molecule has 4 heteroatoms. The second kappa shape index (κ2) is 4.70. The Hall–Kier alpha value is -1.10. The quantitative estimate of drug-likeness (QED) is 0.856. The number of nitrogens with two attached hydrogens (primary N) is 1. The van der Waals surface area contributed by atoms with Crippen molar-refractivity contribution in [1.82, 2.24) is 4.90 Å². The topological polar surface area (TPSA) is 58.7 Å². The first-order valence-electron chi connectivity index (χ1n) is 8.07. The van der Waals surface area contributed by atoms with Crippen molar-refractivity contribution in [2.75, 3.05) is 32.8 Å². The molecule has 0 spiro atoms. The maximum absolute atomic E-state index is 11.7. The molecule has 0 aromatic heterocycles. The predicted molar refractivity (Wildman–Crippen MR) is 81.4 cm³/mol. The Labute approximate surface area is 125 Å². The average molecular weight is 288 g/mol. The van der Waals surface area contributed by atoms with Crippen LogP contribution in [0.25, 0.3) is 0 Å². The number of para-hydroxylation sites is 1. The van der Waals surface area contributed by atoms with Gasteiger partial charge in [0.1, 0.15) is 5.75 Å². The van der Waals surface area contributed by atoms with Crippen molar-refractivity contribution >= 4 is 0 Å². The summed E-state index contributed by atoms with van der Waals surface area (Å²) in [5, 5.41) is 11.7. The molecule has 1 aromatic carbocycles. The first kappa shape index (κ1) is 13.6. The molecule has 114 valence electrons. The lowest BCUT2D eigenvalue weighted by molar-refractivity contribution is -0.115. The highest BCUT2D eigenvalue weighted by molar-refractivity contribution is 5.45. The number of hydrogen-bond acceptors (Lipinski definition) is 4. The first-order valence-corrected chi connectivity index (χ1v) is 8.07. The molecule has 3 aliphatic rings. The van der Waals surface area contributed by atoms with Crippen molar-refractivity contribution in [3.63, 3.8) is 0 Å². The van der Waals surface area contributed by atoms with Crippen LogP contribution in [0.5, 0.6) is 5.75 Å². The minimum atomic E-state index is -0.700. The van der Waals surface area contributed by atoms with Crippen molar-refractivity contribution in [1.29, 1.82) is 0 Å². The number of rotatable bonds is 2. The molecule has 0 aliphatic carbocycles. The van der Waals surface area contributed by atoms with E-state index in [1.807, 2.05) is 18.2 Å². The lowest BCUT2D eigenvalue weighted by Crippen LogP contribution is -2.64. The summed E-state index contributed by atoms with van der Waals surface area (Å²) in [6, 6.07) is 8.13. The van der Waals surface area contributed by atoms with E-state index in [1.165, 1.54) is 0 Å². The molecule has 2 bridgehead atoms. The summed E-state index contributed by atoms with van der Waals surface area (Å²) in [6.45, 7) is 4.25. The van der Waals surface area contributed by atoms with Crippen LogP contribution in [0.3, 0.4) is 0 Å². The third-order valence-electron chi connectivity index (χ3n) is 6.12. The molecule has 0 amide bonds. The normalized spacial score (nSPS) is 41.4. The number of nitrogens with zero attached hydrogens (tertiary/aromatic N) is 1. The molecule has 21 heavy (non-hydrogen) atoms. The average Bonchev–Trinajstić information content (AvgIpc) is 2.95. The zero-order valence-electron chi connectivity index (χ0n) is 12.4. The summed E-state index contributed by atoms with van der Waals surface area (Å²) in [7, 11) is 0. The third kappa shape index (κ3) is 1.73. The molecule has 3 aliphatic heterocycles. The Morgan fingerprint density at radius 2 is 2.14 bits per heavy atom. The van der Waals surface area contributed by atoms with Gasteiger partial charge in [-0.1, -0.05) is 18.2 Å². The van der Waals surface area contributed by atoms with Gasteiger partial charge < -0.3 is 20.5 Å². The Morgan fingerprint density at radius 1 is 1.29 bits per heavy atom. The van der Waals surface area contributed by atoms with Crippen molar-refractivity contribution in [2.45, 2.75) is 30.3 Å². The van der Waals surface area contributed by atoms with Gasteiger partial charge in [-0.25, -0.2) is 0 Å². The van der Waals surface area contributed by atoms with Crippen LogP contribution in [0.15, 0.2) is 24.3 Å². The van der Waals surface area contributed by atoms with E-state index in [4.69, 9.17) is 10.5 Å². The van der Waals surface area contributed by atoms with E-state index in [0.717, 1.165) is 50.2 Å². The molecule has 2 fully saturated rings. The van der Waals surface area contributed by atoms with E-state index in [-0.39, 0.29) is 5.41 Å². The van der Waals surface area contributed by atoms with Gasteiger partial charge in [0.2, 0.25) is 0 Å². The molecule has 4 rings (SSSR count). The van der Waals surface area contributed by atoms with Crippen LogP contribution in [-0.2, 0) is 5.41 Å². The number of fused-ring (bicyclic) bond motifs is 3. The molecular weight excluding hydrogens is 264 g/mol. The van der Waals surface area contributed by atoms with Crippen LogP contribution in [-0.4, -0.2) is 48.4 Å². The molecule has 0 saturated carbocycles. The Kier molecular flexibility index (Phi) is 3.03. The van der Waals surface area contributed by atoms with E-state index in [2.05, 4.69) is 11.0 Å². The highest BCUT2D eigenvalue weighted by Crippen LogP contribution is 2.53. The number of ether oxygens (including phenoxy) is 1. The van der Waals surface area contributed by atoms with Gasteiger partial charge in [0, 0.05) is 36.5 Å². The fourth-order valence-electron chi connectivity index (χ4n) is 4.88. The lowest BCUT2D eigenvalue weighted by Gasteiger charge is -2.54. The standard InChI is InChI=1S/C17H24N2O2/c18-12-16(7-10-21-15-4-2-1-3-14(15)16)17(20)6-9-19-8-5-13(17)11-19/h1-4,13,20H,5-12,18H2. The number of benzene rings is 1. The second-order valence-electron chi connectivity index (χ2n) is 6.84. The van der Waals surface area contributed by atoms with Gasteiger partial charge in [-0.05, 0) is 31.9 Å². The maximum atomic E-state index is 11.7. The van der Waals surface area contributed by atoms with Crippen molar-refractivity contribution in [3.05, 3.63) is 29.8 Å². The van der Waals surface area contributed by atoms with Crippen molar-refractivity contribution < 1.29 is 9.84 Å². The molecule has 2 saturated heterocycles. The zero-order chi connectivity index (χ0) is 14.5. The van der Waals surface area contributed by atoms with Crippen LogP contribution < -0.4 is 10.5 Å². The number of piperidine rings is 1. The van der Waals surface area contributed by atoms with Crippen molar-refractivity contribution in [2.24, 2.45) is 11.7 Å². The van der Waals surface area contributed by atoms with Gasteiger partial charge in [-0.3, -0.25) is 0 Å². The molecule has 1 aromatic rings. The lowest BCUT2D eigenvalue weighted by atomic mass is 9.57. The fraction of sp³-hybridized carbons (Fsp3) is 0.647. The monoisotopic (exact) mass is 288 g/mol. The van der Waals surface area contributed by atoms with Gasteiger partial charge in [-0.15, -0.1) is 0 Å². The van der Waals surface area contributed by atoms with Gasteiger partial charge in [0.25, 0.3) is 0 Å². The van der Waals surface area contributed by atoms with Crippen LogP contribution in [0, 0.1) is 5.92 Å².